The zero-order valence-corrected chi connectivity index (χ0v) is 13.9. The third-order valence-electron chi connectivity index (χ3n) is 3.72. The van der Waals surface area contributed by atoms with Crippen molar-refractivity contribution in [2.75, 3.05) is 11.0 Å². The molecule has 0 atom stereocenters. The zero-order chi connectivity index (χ0) is 18.2. The van der Waals surface area contributed by atoms with Gasteiger partial charge in [-0.2, -0.15) is 13.2 Å². The third kappa shape index (κ3) is 3.76. The molecule has 7 heteroatoms. The monoisotopic (exact) mass is 365 g/mol. The molecule has 1 N–H and O–H groups in total. The number of alkyl halides is 3. The summed E-state index contributed by atoms with van der Waals surface area (Å²) < 4.78 is 64.4. The number of sulfonamides is 1. The molecule has 0 bridgehead atoms. The molecule has 0 saturated heterocycles. The van der Waals surface area contributed by atoms with Crippen LogP contribution in [0.4, 0.5) is 18.9 Å². The smallest absolute Gasteiger partial charge is 0.283 e. The maximum atomic E-state index is 13.0. The Morgan fingerprint density at radius 3 is 2.20 bits per heavy atom. The minimum Gasteiger partial charge on any atom is -0.283 e. The van der Waals surface area contributed by atoms with Crippen LogP contribution >= 0.6 is 0 Å². The highest BCUT2D eigenvalue weighted by molar-refractivity contribution is 7.92. The molecule has 3 nitrogen and oxygen atoms in total. The first-order chi connectivity index (χ1) is 11.6. The van der Waals surface area contributed by atoms with Crippen LogP contribution in [0, 0.1) is 0 Å². The van der Waals surface area contributed by atoms with Gasteiger partial charge in [-0.3, -0.25) is 4.72 Å². The van der Waals surface area contributed by atoms with Gasteiger partial charge in [0.15, 0.2) is 0 Å². The van der Waals surface area contributed by atoms with E-state index in [2.05, 4.69) is 4.72 Å². The fourth-order valence-electron chi connectivity index (χ4n) is 2.70. The fourth-order valence-corrected chi connectivity index (χ4v) is 3.28. The average molecular weight is 365 g/mol. The van der Waals surface area contributed by atoms with E-state index in [-0.39, 0.29) is 0 Å². The van der Waals surface area contributed by atoms with E-state index in [1.165, 1.54) is 6.07 Å². The number of rotatable bonds is 3. The number of nitrogens with one attached hydrogen (secondary N) is 1. The quantitative estimate of drug-likeness (QED) is 0.718. The first kappa shape index (κ1) is 17.3. The number of halogens is 3. The van der Waals surface area contributed by atoms with E-state index in [0.29, 0.717) is 27.6 Å². The van der Waals surface area contributed by atoms with Crippen LogP contribution in [-0.4, -0.2) is 14.7 Å². The summed E-state index contributed by atoms with van der Waals surface area (Å²) in [5.41, 5.74) is 0.666. The molecule has 0 radical (unpaired) electrons. The van der Waals surface area contributed by atoms with E-state index in [4.69, 9.17) is 0 Å². The van der Waals surface area contributed by atoms with Crippen molar-refractivity contribution in [3.05, 3.63) is 66.2 Å². The average Bonchev–Trinajstić information content (AvgIpc) is 2.53. The molecule has 0 heterocycles. The van der Waals surface area contributed by atoms with Gasteiger partial charge in [0.2, 0.25) is 10.0 Å². The molecule has 0 unspecified atom stereocenters. The van der Waals surface area contributed by atoms with E-state index in [1.807, 2.05) is 0 Å². The number of hydrogen-bond donors (Lipinski definition) is 1. The van der Waals surface area contributed by atoms with Crippen molar-refractivity contribution in [3.63, 3.8) is 0 Å². The van der Waals surface area contributed by atoms with Gasteiger partial charge in [0, 0.05) is 5.39 Å². The Bertz CT molecular complexity index is 1040. The summed E-state index contributed by atoms with van der Waals surface area (Å²) in [6.07, 6.45) is -3.38. The highest BCUT2D eigenvalue weighted by Crippen LogP contribution is 2.36. The lowest BCUT2D eigenvalue weighted by atomic mass is 9.96. The van der Waals surface area contributed by atoms with E-state index in [0.717, 1.165) is 18.4 Å². The van der Waals surface area contributed by atoms with Crippen LogP contribution in [-0.2, 0) is 16.2 Å². The van der Waals surface area contributed by atoms with E-state index >= 15 is 0 Å². The molecule has 3 rings (SSSR count). The first-order valence-corrected chi connectivity index (χ1v) is 9.21. The van der Waals surface area contributed by atoms with Crippen molar-refractivity contribution in [1.29, 1.82) is 0 Å². The standard InChI is InChI=1S/C18H14F3NO2S/c1-25(23,24)22-17-10-9-14(15-7-2-3-8-16(15)17)12-5-4-6-13(11-12)18(19,20)21/h2-11,22H,1H3. The minimum atomic E-state index is -4.43. The van der Waals surface area contributed by atoms with Crippen LogP contribution in [0.25, 0.3) is 21.9 Å². The second kappa shape index (κ2) is 6.07. The van der Waals surface area contributed by atoms with Gasteiger partial charge >= 0.3 is 6.18 Å². The van der Waals surface area contributed by atoms with Crippen LogP contribution in [0.1, 0.15) is 5.56 Å². The van der Waals surface area contributed by atoms with Gasteiger partial charge in [0.25, 0.3) is 0 Å². The van der Waals surface area contributed by atoms with Gasteiger partial charge in [-0.25, -0.2) is 8.42 Å². The molecular weight excluding hydrogens is 351 g/mol. The number of anilines is 1. The van der Waals surface area contributed by atoms with Crippen LogP contribution in [0.5, 0.6) is 0 Å². The zero-order valence-electron chi connectivity index (χ0n) is 13.1. The Kier molecular flexibility index (Phi) is 4.20. The van der Waals surface area contributed by atoms with E-state index < -0.39 is 21.8 Å². The number of fused-ring (bicyclic) bond motifs is 1. The lowest BCUT2D eigenvalue weighted by Crippen LogP contribution is -2.09. The van der Waals surface area contributed by atoms with Crippen LogP contribution in [0.15, 0.2) is 60.7 Å². The molecule has 3 aromatic carbocycles. The topological polar surface area (TPSA) is 46.2 Å². The Hall–Kier alpha value is -2.54. The lowest BCUT2D eigenvalue weighted by Gasteiger charge is -2.14. The minimum absolute atomic E-state index is 0.383. The van der Waals surface area contributed by atoms with Gasteiger partial charge in [0.1, 0.15) is 0 Å². The number of benzene rings is 3. The Morgan fingerprint density at radius 1 is 0.880 bits per heavy atom. The van der Waals surface area contributed by atoms with Crippen molar-refractivity contribution < 1.29 is 21.6 Å². The summed E-state index contributed by atoms with van der Waals surface area (Å²) >= 11 is 0. The van der Waals surface area contributed by atoms with E-state index in [9.17, 15) is 21.6 Å². The molecule has 0 amide bonds. The third-order valence-corrected chi connectivity index (χ3v) is 4.31. The van der Waals surface area contributed by atoms with E-state index in [1.54, 1.807) is 42.5 Å². The molecule has 25 heavy (non-hydrogen) atoms. The summed E-state index contributed by atoms with van der Waals surface area (Å²) in [6.45, 7) is 0. The Balaban J connectivity index is 2.21. The maximum Gasteiger partial charge on any atom is 0.416 e. The second-order valence-corrected chi connectivity index (χ2v) is 7.41. The normalized spacial score (nSPS) is 12.3. The van der Waals surface area contributed by atoms with Gasteiger partial charge in [0.05, 0.1) is 17.5 Å². The first-order valence-electron chi connectivity index (χ1n) is 7.32. The van der Waals surface area contributed by atoms with Crippen LogP contribution < -0.4 is 4.72 Å². The van der Waals surface area contributed by atoms with Crippen LogP contribution in [0.3, 0.4) is 0 Å². The summed E-state index contributed by atoms with van der Waals surface area (Å²) in [5.74, 6) is 0. The largest absolute Gasteiger partial charge is 0.416 e. The number of hydrogen-bond acceptors (Lipinski definition) is 2. The predicted octanol–water partition coefficient (Wildman–Crippen LogP) is 4.90. The molecule has 0 fully saturated rings. The molecule has 0 aliphatic heterocycles. The van der Waals surface area contributed by atoms with Crippen molar-refractivity contribution in [3.8, 4) is 11.1 Å². The molecule has 0 aliphatic carbocycles. The molecule has 0 aliphatic rings. The molecule has 0 aromatic heterocycles. The Labute approximate surface area is 143 Å². The molecule has 0 saturated carbocycles. The molecule has 130 valence electrons. The fraction of sp³-hybridized carbons (Fsp3) is 0.111. The predicted molar refractivity (Wildman–Crippen MR) is 92.9 cm³/mol. The second-order valence-electron chi connectivity index (χ2n) is 5.66. The Morgan fingerprint density at radius 2 is 1.56 bits per heavy atom. The summed E-state index contributed by atoms with van der Waals surface area (Å²) in [7, 11) is -3.47. The van der Waals surface area contributed by atoms with Crippen LogP contribution in [0.2, 0.25) is 0 Å². The van der Waals surface area contributed by atoms with Gasteiger partial charge in [-0.05, 0) is 34.7 Å². The molecule has 0 spiro atoms. The summed E-state index contributed by atoms with van der Waals surface area (Å²) in [6, 6.07) is 15.2. The summed E-state index contributed by atoms with van der Waals surface area (Å²) in [5, 5.41) is 1.28. The maximum absolute atomic E-state index is 13.0. The SMILES string of the molecule is CS(=O)(=O)Nc1ccc(-c2cccc(C(F)(F)F)c2)c2ccccc12. The van der Waals surface area contributed by atoms with Gasteiger partial charge in [-0.1, -0.05) is 42.5 Å². The van der Waals surface area contributed by atoms with Crippen molar-refractivity contribution in [2.24, 2.45) is 0 Å². The van der Waals surface area contributed by atoms with Gasteiger partial charge < -0.3 is 0 Å². The van der Waals surface area contributed by atoms with Crippen molar-refractivity contribution in [2.45, 2.75) is 6.18 Å². The highest BCUT2D eigenvalue weighted by Gasteiger charge is 2.30. The lowest BCUT2D eigenvalue weighted by molar-refractivity contribution is -0.137. The van der Waals surface area contributed by atoms with Crippen molar-refractivity contribution in [1.82, 2.24) is 0 Å². The summed E-state index contributed by atoms with van der Waals surface area (Å²) in [4.78, 5) is 0. The molecule has 3 aromatic rings. The van der Waals surface area contributed by atoms with Gasteiger partial charge in [-0.15, -0.1) is 0 Å². The highest BCUT2D eigenvalue weighted by atomic mass is 32.2. The molecular formula is C18H14F3NO2S. The van der Waals surface area contributed by atoms with Crippen molar-refractivity contribution >= 4 is 26.5 Å².